The third kappa shape index (κ3) is 5.17. The van der Waals surface area contributed by atoms with Crippen molar-refractivity contribution in [1.29, 1.82) is 0 Å². The quantitative estimate of drug-likeness (QED) is 0.335. The molecule has 0 radical (unpaired) electrons. The first-order valence-electron chi connectivity index (χ1n) is 10.7. The highest BCUT2D eigenvalue weighted by Gasteiger charge is 2.35. The van der Waals surface area contributed by atoms with Gasteiger partial charge in [-0.15, -0.1) is 5.10 Å². The molecule has 2 aromatic carbocycles. The van der Waals surface area contributed by atoms with E-state index in [9.17, 15) is 4.79 Å². The van der Waals surface area contributed by atoms with E-state index in [0.29, 0.717) is 40.6 Å². The smallest absolute Gasteiger partial charge is 0.338 e. The summed E-state index contributed by atoms with van der Waals surface area (Å²) in [5.41, 5.74) is 3.13. The summed E-state index contributed by atoms with van der Waals surface area (Å²) in [6.07, 6.45) is 0. The van der Waals surface area contributed by atoms with Gasteiger partial charge < -0.3 is 14.8 Å². The Morgan fingerprint density at radius 2 is 1.88 bits per heavy atom. The minimum absolute atomic E-state index is 0.293. The average Bonchev–Trinajstić information content (AvgIpc) is 3.20. The Hall–Kier alpha value is -2.97. The number of hydrogen-bond donors (Lipinski definition) is 1. The van der Waals surface area contributed by atoms with Crippen LogP contribution in [0.1, 0.15) is 37.9 Å². The maximum absolute atomic E-state index is 12.9. The van der Waals surface area contributed by atoms with Gasteiger partial charge >= 0.3 is 5.97 Å². The Labute approximate surface area is 202 Å². The number of esters is 1. The summed E-state index contributed by atoms with van der Waals surface area (Å²) >= 11 is 7.49. The van der Waals surface area contributed by atoms with Crippen molar-refractivity contribution in [2.45, 2.75) is 38.6 Å². The zero-order valence-corrected chi connectivity index (χ0v) is 20.2. The fourth-order valence-electron chi connectivity index (χ4n) is 3.60. The van der Waals surface area contributed by atoms with Gasteiger partial charge in [0.05, 0.1) is 12.2 Å². The first kappa shape index (κ1) is 23.2. The van der Waals surface area contributed by atoms with Gasteiger partial charge in [0.1, 0.15) is 18.4 Å². The molecule has 0 aliphatic carbocycles. The predicted octanol–water partition coefficient (Wildman–Crippen LogP) is 5.47. The molecule has 1 aliphatic heterocycles. The van der Waals surface area contributed by atoms with Crippen molar-refractivity contribution in [3.8, 4) is 5.75 Å². The van der Waals surface area contributed by atoms with Gasteiger partial charge in [-0.3, -0.25) is 0 Å². The third-order valence-electron chi connectivity index (χ3n) is 5.12. The van der Waals surface area contributed by atoms with E-state index < -0.39 is 6.04 Å². The van der Waals surface area contributed by atoms with Gasteiger partial charge in [0, 0.05) is 10.7 Å². The SMILES string of the molecule is CCOC(=O)C1=C(C)Nc2nc(SCC)nn2C1c1ccc(OCc2ccc(Cl)cc2)cc1. The molecule has 9 heteroatoms. The fourth-order valence-corrected chi connectivity index (χ4v) is 4.28. The van der Waals surface area contributed by atoms with Crippen molar-refractivity contribution >= 4 is 35.3 Å². The van der Waals surface area contributed by atoms with Crippen molar-refractivity contribution in [2.75, 3.05) is 17.7 Å². The molecule has 4 rings (SSSR count). The minimum atomic E-state index is -0.454. The van der Waals surface area contributed by atoms with Gasteiger partial charge in [-0.05, 0) is 55.0 Å². The molecule has 0 saturated carbocycles. The van der Waals surface area contributed by atoms with E-state index in [1.807, 2.05) is 62.4 Å². The molecule has 7 nitrogen and oxygen atoms in total. The monoisotopic (exact) mass is 484 g/mol. The lowest BCUT2D eigenvalue weighted by Gasteiger charge is -2.28. The number of carbonyl (C=O) groups is 1. The summed E-state index contributed by atoms with van der Waals surface area (Å²) in [6.45, 7) is 6.42. The van der Waals surface area contributed by atoms with Crippen molar-refractivity contribution in [1.82, 2.24) is 14.8 Å². The first-order chi connectivity index (χ1) is 16.0. The lowest BCUT2D eigenvalue weighted by atomic mass is 9.96. The van der Waals surface area contributed by atoms with Crippen LogP contribution in [0, 0.1) is 0 Å². The third-order valence-corrected chi connectivity index (χ3v) is 6.09. The molecule has 1 unspecified atom stereocenters. The Bertz CT molecular complexity index is 1160. The number of halogens is 1. The number of nitrogens with zero attached hydrogens (tertiary/aromatic N) is 3. The molecule has 0 amide bonds. The van der Waals surface area contributed by atoms with E-state index in [4.69, 9.17) is 21.1 Å². The summed E-state index contributed by atoms with van der Waals surface area (Å²) < 4.78 is 13.0. The Balaban J connectivity index is 1.62. The van der Waals surface area contributed by atoms with Crippen molar-refractivity contribution in [2.24, 2.45) is 0 Å². The molecule has 0 saturated heterocycles. The van der Waals surface area contributed by atoms with Gasteiger partial charge in [0.15, 0.2) is 0 Å². The standard InChI is InChI=1S/C24H25ClN4O3S/c1-4-31-22(30)20-15(3)26-23-27-24(33-5-2)28-29(23)21(20)17-8-12-19(13-9-17)32-14-16-6-10-18(25)11-7-16/h6-13,21H,4-5,14H2,1-3H3,(H,26,27,28). The zero-order chi connectivity index (χ0) is 23.4. The number of anilines is 1. The molecule has 0 bridgehead atoms. The summed E-state index contributed by atoms with van der Waals surface area (Å²) in [5, 5.41) is 9.21. The lowest BCUT2D eigenvalue weighted by Crippen LogP contribution is -2.29. The molecule has 0 spiro atoms. The van der Waals surface area contributed by atoms with Crippen LogP contribution in [0.15, 0.2) is 65.0 Å². The zero-order valence-electron chi connectivity index (χ0n) is 18.7. The van der Waals surface area contributed by atoms with Crippen molar-refractivity contribution in [3.63, 3.8) is 0 Å². The van der Waals surface area contributed by atoms with Crippen LogP contribution < -0.4 is 10.1 Å². The molecular formula is C24H25ClN4O3S. The highest BCUT2D eigenvalue weighted by Crippen LogP contribution is 2.37. The van der Waals surface area contributed by atoms with E-state index in [2.05, 4.69) is 15.4 Å². The van der Waals surface area contributed by atoms with Crippen molar-refractivity contribution in [3.05, 3.63) is 76.0 Å². The first-order valence-corrected chi connectivity index (χ1v) is 12.1. The van der Waals surface area contributed by atoms with Crippen LogP contribution >= 0.6 is 23.4 Å². The Morgan fingerprint density at radius 1 is 1.15 bits per heavy atom. The van der Waals surface area contributed by atoms with E-state index in [1.54, 1.807) is 23.4 Å². The molecule has 172 valence electrons. The van der Waals surface area contributed by atoms with Gasteiger partial charge in [0.25, 0.3) is 0 Å². The second-order valence-corrected chi connectivity index (χ2v) is 9.03. The molecule has 1 atom stereocenters. The van der Waals surface area contributed by atoms with Crippen LogP contribution in [-0.4, -0.2) is 33.1 Å². The molecular weight excluding hydrogens is 460 g/mol. The van der Waals surface area contributed by atoms with E-state index in [0.717, 1.165) is 22.6 Å². The van der Waals surface area contributed by atoms with E-state index in [-0.39, 0.29) is 5.97 Å². The predicted molar refractivity (Wildman–Crippen MR) is 130 cm³/mol. The van der Waals surface area contributed by atoms with Gasteiger partial charge in [-0.2, -0.15) is 4.98 Å². The Morgan fingerprint density at radius 3 is 2.55 bits per heavy atom. The normalized spacial score (nSPS) is 15.1. The molecule has 1 aromatic heterocycles. The lowest BCUT2D eigenvalue weighted by molar-refractivity contribution is -0.139. The van der Waals surface area contributed by atoms with Gasteiger partial charge in [-0.25, -0.2) is 9.48 Å². The fraction of sp³-hybridized carbons (Fsp3) is 0.292. The Kier molecular flexibility index (Phi) is 7.25. The maximum atomic E-state index is 12.9. The second kappa shape index (κ2) is 10.3. The van der Waals surface area contributed by atoms with E-state index in [1.165, 1.54) is 0 Å². The van der Waals surface area contributed by atoms with Crippen LogP contribution in [0.25, 0.3) is 0 Å². The molecule has 1 N–H and O–H groups in total. The number of carbonyl (C=O) groups excluding carboxylic acids is 1. The van der Waals surface area contributed by atoms with Crippen LogP contribution in [0.2, 0.25) is 5.02 Å². The highest BCUT2D eigenvalue weighted by atomic mass is 35.5. The maximum Gasteiger partial charge on any atom is 0.338 e. The molecule has 0 fully saturated rings. The number of allylic oxidation sites excluding steroid dienone is 1. The molecule has 33 heavy (non-hydrogen) atoms. The minimum Gasteiger partial charge on any atom is -0.489 e. The number of aromatic nitrogens is 3. The topological polar surface area (TPSA) is 78.3 Å². The molecule has 3 aromatic rings. The van der Waals surface area contributed by atoms with Gasteiger partial charge in [0.2, 0.25) is 11.1 Å². The second-order valence-electron chi connectivity index (χ2n) is 7.37. The largest absolute Gasteiger partial charge is 0.489 e. The van der Waals surface area contributed by atoms with Crippen LogP contribution in [-0.2, 0) is 16.1 Å². The number of ether oxygens (including phenoxy) is 2. The van der Waals surface area contributed by atoms with Crippen molar-refractivity contribution < 1.29 is 14.3 Å². The average molecular weight is 485 g/mol. The summed E-state index contributed by atoms with van der Waals surface area (Å²) in [4.78, 5) is 17.4. The van der Waals surface area contributed by atoms with E-state index >= 15 is 0 Å². The van der Waals surface area contributed by atoms with Crippen LogP contribution in [0.3, 0.4) is 0 Å². The molecule has 1 aliphatic rings. The van der Waals surface area contributed by atoms with Crippen LogP contribution in [0.4, 0.5) is 5.95 Å². The number of fused-ring (bicyclic) bond motifs is 1. The van der Waals surface area contributed by atoms with Gasteiger partial charge in [-0.1, -0.05) is 54.6 Å². The molecule has 2 heterocycles. The number of rotatable bonds is 8. The number of nitrogens with one attached hydrogen (secondary N) is 1. The summed E-state index contributed by atoms with van der Waals surface area (Å²) in [5.74, 6) is 1.80. The summed E-state index contributed by atoms with van der Waals surface area (Å²) in [7, 11) is 0. The van der Waals surface area contributed by atoms with Crippen LogP contribution in [0.5, 0.6) is 5.75 Å². The highest BCUT2D eigenvalue weighted by molar-refractivity contribution is 7.99. The number of hydrogen-bond acceptors (Lipinski definition) is 7. The number of benzene rings is 2. The summed E-state index contributed by atoms with van der Waals surface area (Å²) in [6, 6.07) is 14.8. The number of thioether (sulfide) groups is 1.